The Hall–Kier alpha value is -1.97. The molecule has 18 heavy (non-hydrogen) atoms. The number of ether oxygens (including phenoxy) is 2. The van der Waals surface area contributed by atoms with Crippen molar-refractivity contribution in [2.75, 3.05) is 6.79 Å². The number of fused-ring (bicyclic) bond motifs is 1. The molecular formula is C14H17NO3. The van der Waals surface area contributed by atoms with Crippen LogP contribution in [0.15, 0.2) is 24.3 Å². The zero-order valence-corrected chi connectivity index (χ0v) is 10.8. The third-order valence-corrected chi connectivity index (χ3v) is 2.32. The van der Waals surface area contributed by atoms with E-state index in [9.17, 15) is 4.79 Å². The SMILES string of the molecule is CC(C)(C)NC(=O)/C=C/c1ccc2c(c1)OCO2. The van der Waals surface area contributed by atoms with E-state index in [1.807, 2.05) is 39.0 Å². The van der Waals surface area contributed by atoms with Crippen LogP contribution in [0, 0.1) is 0 Å². The van der Waals surface area contributed by atoms with Crippen LogP contribution < -0.4 is 14.8 Å². The molecule has 1 aromatic rings. The van der Waals surface area contributed by atoms with E-state index in [2.05, 4.69) is 5.32 Å². The summed E-state index contributed by atoms with van der Waals surface area (Å²) in [5.41, 5.74) is 0.680. The third-order valence-electron chi connectivity index (χ3n) is 2.32. The van der Waals surface area contributed by atoms with Gasteiger partial charge in [-0.1, -0.05) is 6.07 Å². The van der Waals surface area contributed by atoms with Gasteiger partial charge in [-0.3, -0.25) is 4.79 Å². The maximum absolute atomic E-state index is 11.6. The highest BCUT2D eigenvalue weighted by molar-refractivity contribution is 5.92. The number of hydrogen-bond donors (Lipinski definition) is 1. The lowest BCUT2D eigenvalue weighted by Gasteiger charge is -2.18. The van der Waals surface area contributed by atoms with Crippen molar-refractivity contribution in [1.29, 1.82) is 0 Å². The molecule has 1 heterocycles. The molecule has 1 aromatic carbocycles. The molecular weight excluding hydrogens is 230 g/mol. The second-order valence-corrected chi connectivity index (χ2v) is 5.19. The molecule has 4 heteroatoms. The normalized spacial score (nSPS) is 13.9. The van der Waals surface area contributed by atoms with Crippen LogP contribution in [0.2, 0.25) is 0 Å². The van der Waals surface area contributed by atoms with Crippen LogP contribution >= 0.6 is 0 Å². The van der Waals surface area contributed by atoms with Crippen molar-refractivity contribution in [3.63, 3.8) is 0 Å². The minimum atomic E-state index is -0.226. The fourth-order valence-electron chi connectivity index (χ4n) is 1.60. The van der Waals surface area contributed by atoms with Crippen molar-refractivity contribution in [1.82, 2.24) is 5.32 Å². The van der Waals surface area contributed by atoms with Crippen LogP contribution in [0.4, 0.5) is 0 Å². The van der Waals surface area contributed by atoms with Gasteiger partial charge >= 0.3 is 0 Å². The van der Waals surface area contributed by atoms with Crippen LogP contribution in [-0.4, -0.2) is 18.2 Å². The Morgan fingerprint density at radius 3 is 2.72 bits per heavy atom. The van der Waals surface area contributed by atoms with Crippen molar-refractivity contribution < 1.29 is 14.3 Å². The Morgan fingerprint density at radius 1 is 1.28 bits per heavy atom. The fraction of sp³-hybridized carbons (Fsp3) is 0.357. The van der Waals surface area contributed by atoms with Gasteiger partial charge in [-0.25, -0.2) is 0 Å². The fourth-order valence-corrected chi connectivity index (χ4v) is 1.60. The van der Waals surface area contributed by atoms with E-state index in [1.54, 1.807) is 6.08 Å². The van der Waals surface area contributed by atoms with E-state index in [0.717, 1.165) is 11.3 Å². The van der Waals surface area contributed by atoms with Gasteiger partial charge in [0.15, 0.2) is 11.5 Å². The van der Waals surface area contributed by atoms with Gasteiger partial charge in [0.25, 0.3) is 0 Å². The number of benzene rings is 1. The van der Waals surface area contributed by atoms with Gasteiger partial charge < -0.3 is 14.8 Å². The van der Waals surface area contributed by atoms with Crippen LogP contribution in [0.25, 0.3) is 6.08 Å². The van der Waals surface area contributed by atoms with E-state index in [-0.39, 0.29) is 18.2 Å². The molecule has 1 aliphatic heterocycles. The maximum atomic E-state index is 11.6. The van der Waals surface area contributed by atoms with Crippen molar-refractivity contribution >= 4 is 12.0 Å². The summed E-state index contributed by atoms with van der Waals surface area (Å²) in [6.45, 7) is 6.09. The Labute approximate surface area is 107 Å². The summed E-state index contributed by atoms with van der Waals surface area (Å²) in [6, 6.07) is 5.57. The van der Waals surface area contributed by atoms with Crippen molar-refractivity contribution in [3.8, 4) is 11.5 Å². The lowest BCUT2D eigenvalue weighted by atomic mass is 10.1. The molecule has 0 aliphatic carbocycles. The van der Waals surface area contributed by atoms with E-state index in [4.69, 9.17) is 9.47 Å². The summed E-state index contributed by atoms with van der Waals surface area (Å²) in [4.78, 5) is 11.6. The molecule has 2 rings (SSSR count). The maximum Gasteiger partial charge on any atom is 0.244 e. The zero-order valence-electron chi connectivity index (χ0n) is 10.8. The van der Waals surface area contributed by atoms with Crippen LogP contribution in [0.1, 0.15) is 26.3 Å². The molecule has 0 atom stereocenters. The van der Waals surface area contributed by atoms with Gasteiger partial charge in [0.1, 0.15) is 0 Å². The van der Waals surface area contributed by atoms with Crippen LogP contribution in [0.3, 0.4) is 0 Å². The summed E-state index contributed by atoms with van der Waals surface area (Å²) in [6.07, 6.45) is 3.27. The highest BCUT2D eigenvalue weighted by Gasteiger charge is 2.13. The van der Waals surface area contributed by atoms with Gasteiger partial charge in [-0.05, 0) is 44.5 Å². The van der Waals surface area contributed by atoms with Crippen molar-refractivity contribution in [2.45, 2.75) is 26.3 Å². The van der Waals surface area contributed by atoms with E-state index in [1.165, 1.54) is 6.08 Å². The molecule has 1 N–H and O–H groups in total. The number of carbonyl (C=O) groups is 1. The second-order valence-electron chi connectivity index (χ2n) is 5.19. The summed E-state index contributed by atoms with van der Waals surface area (Å²) in [5.74, 6) is 1.35. The van der Waals surface area contributed by atoms with E-state index >= 15 is 0 Å². The van der Waals surface area contributed by atoms with Crippen LogP contribution in [-0.2, 0) is 4.79 Å². The Morgan fingerprint density at radius 2 is 2.00 bits per heavy atom. The van der Waals surface area contributed by atoms with Gasteiger partial charge in [-0.15, -0.1) is 0 Å². The van der Waals surface area contributed by atoms with Gasteiger partial charge in [0.05, 0.1) is 0 Å². The van der Waals surface area contributed by atoms with E-state index in [0.29, 0.717) is 5.75 Å². The average molecular weight is 247 g/mol. The van der Waals surface area contributed by atoms with Crippen LogP contribution in [0.5, 0.6) is 11.5 Å². The van der Waals surface area contributed by atoms with Crippen molar-refractivity contribution in [3.05, 3.63) is 29.8 Å². The minimum Gasteiger partial charge on any atom is -0.454 e. The molecule has 0 unspecified atom stereocenters. The molecule has 4 nitrogen and oxygen atoms in total. The molecule has 0 aromatic heterocycles. The number of rotatable bonds is 2. The molecule has 0 saturated carbocycles. The van der Waals surface area contributed by atoms with Gasteiger partial charge in [-0.2, -0.15) is 0 Å². The summed E-state index contributed by atoms with van der Waals surface area (Å²) in [5, 5.41) is 2.86. The first-order valence-corrected chi connectivity index (χ1v) is 5.84. The lowest BCUT2D eigenvalue weighted by Crippen LogP contribution is -2.39. The van der Waals surface area contributed by atoms with Gasteiger partial charge in [0.2, 0.25) is 12.7 Å². The summed E-state index contributed by atoms with van der Waals surface area (Å²) >= 11 is 0. The average Bonchev–Trinajstić information content (AvgIpc) is 2.71. The lowest BCUT2D eigenvalue weighted by molar-refractivity contribution is -0.117. The number of amides is 1. The quantitative estimate of drug-likeness (QED) is 0.816. The predicted octanol–water partition coefficient (Wildman–Crippen LogP) is 2.34. The summed E-state index contributed by atoms with van der Waals surface area (Å²) < 4.78 is 10.5. The second kappa shape index (κ2) is 4.72. The highest BCUT2D eigenvalue weighted by Crippen LogP contribution is 2.32. The monoisotopic (exact) mass is 247 g/mol. The number of hydrogen-bond acceptors (Lipinski definition) is 3. The Balaban J connectivity index is 2.03. The smallest absolute Gasteiger partial charge is 0.244 e. The van der Waals surface area contributed by atoms with Crippen molar-refractivity contribution in [2.24, 2.45) is 0 Å². The first-order valence-electron chi connectivity index (χ1n) is 5.84. The van der Waals surface area contributed by atoms with Gasteiger partial charge in [0, 0.05) is 11.6 Å². The van der Waals surface area contributed by atoms with E-state index < -0.39 is 0 Å². The first kappa shape index (κ1) is 12.5. The number of carbonyl (C=O) groups excluding carboxylic acids is 1. The molecule has 0 radical (unpaired) electrons. The standard InChI is InChI=1S/C14H17NO3/c1-14(2,3)15-13(16)7-5-10-4-6-11-12(8-10)18-9-17-11/h4-8H,9H2,1-3H3,(H,15,16)/b7-5+. The minimum absolute atomic E-state index is 0.111. The number of nitrogens with one attached hydrogen (secondary N) is 1. The zero-order chi connectivity index (χ0) is 13.2. The first-order chi connectivity index (χ1) is 8.44. The molecule has 0 spiro atoms. The summed E-state index contributed by atoms with van der Waals surface area (Å²) in [7, 11) is 0. The molecule has 0 bridgehead atoms. The highest BCUT2D eigenvalue weighted by atomic mass is 16.7. The predicted molar refractivity (Wildman–Crippen MR) is 69.5 cm³/mol. The Bertz CT molecular complexity index is 486. The topological polar surface area (TPSA) is 47.6 Å². The third kappa shape index (κ3) is 3.26. The Kier molecular flexibility index (Phi) is 3.28. The molecule has 96 valence electrons. The molecule has 1 amide bonds. The largest absolute Gasteiger partial charge is 0.454 e. The molecule has 0 fully saturated rings. The molecule has 1 aliphatic rings. The molecule has 0 saturated heterocycles.